The van der Waals surface area contributed by atoms with Gasteiger partial charge in [0.15, 0.2) is 0 Å². The minimum atomic E-state index is 0.168. The molecule has 1 saturated carbocycles. The van der Waals surface area contributed by atoms with Crippen LogP contribution in [0.15, 0.2) is 22.7 Å². The van der Waals surface area contributed by atoms with Crippen LogP contribution in [0, 0.1) is 9.49 Å². The molecule has 1 heterocycles. The monoisotopic (exact) mass is 462 g/mol. The lowest BCUT2D eigenvalue weighted by atomic mass is 10.0. The molecule has 21 heavy (non-hydrogen) atoms. The zero-order valence-corrected chi connectivity index (χ0v) is 15.7. The van der Waals surface area contributed by atoms with Crippen LogP contribution >= 0.6 is 38.5 Å². The second-order valence-electron chi connectivity index (χ2n) is 6.04. The molecular weight excluding hydrogens is 443 g/mol. The molecule has 1 aliphatic carbocycles. The van der Waals surface area contributed by atoms with E-state index >= 15 is 0 Å². The molecule has 0 spiro atoms. The lowest BCUT2D eigenvalue weighted by molar-refractivity contribution is 0.0704. The molecule has 114 valence electrons. The molecule has 1 N–H and O–H groups in total. The number of rotatable bonds is 4. The summed E-state index contributed by atoms with van der Waals surface area (Å²) in [6, 6.07) is 6.49. The van der Waals surface area contributed by atoms with Gasteiger partial charge in [-0.25, -0.2) is 0 Å². The summed E-state index contributed by atoms with van der Waals surface area (Å²) >= 11 is 5.69. The lowest BCUT2D eigenvalue weighted by Gasteiger charge is -2.33. The average Bonchev–Trinajstić information content (AvgIpc) is 3.32. The number of nitrogens with one attached hydrogen (secondary N) is 1. The zero-order chi connectivity index (χ0) is 14.8. The fourth-order valence-electron chi connectivity index (χ4n) is 2.77. The van der Waals surface area contributed by atoms with Crippen molar-refractivity contribution < 1.29 is 4.79 Å². The highest BCUT2D eigenvalue weighted by molar-refractivity contribution is 14.1. The Morgan fingerprint density at radius 3 is 2.67 bits per heavy atom. The van der Waals surface area contributed by atoms with Gasteiger partial charge in [-0.1, -0.05) is 15.9 Å². The Morgan fingerprint density at radius 2 is 2.00 bits per heavy atom. The van der Waals surface area contributed by atoms with E-state index in [9.17, 15) is 4.79 Å². The molecule has 2 fully saturated rings. The summed E-state index contributed by atoms with van der Waals surface area (Å²) in [6.45, 7) is 2.90. The standard InChI is InChI=1S/C16H20BrIN2O/c17-12-3-4-15(18)14(9-12)16(21)20-7-5-13(6-8-20)19-10-11-1-2-11/h3-4,9,11,13,19H,1-2,5-8,10H2. The summed E-state index contributed by atoms with van der Waals surface area (Å²) in [6.07, 6.45) is 4.93. The van der Waals surface area contributed by atoms with Crippen molar-refractivity contribution in [3.8, 4) is 0 Å². The molecule has 1 aromatic carbocycles. The Balaban J connectivity index is 1.55. The van der Waals surface area contributed by atoms with Crippen molar-refractivity contribution >= 4 is 44.4 Å². The molecule has 0 unspecified atom stereocenters. The van der Waals surface area contributed by atoms with Gasteiger partial charge in [0, 0.05) is 27.2 Å². The highest BCUT2D eigenvalue weighted by Gasteiger charge is 2.27. The van der Waals surface area contributed by atoms with E-state index in [0.717, 1.165) is 45.5 Å². The summed E-state index contributed by atoms with van der Waals surface area (Å²) in [5.41, 5.74) is 0.814. The van der Waals surface area contributed by atoms with Gasteiger partial charge in [0.05, 0.1) is 5.56 Å². The van der Waals surface area contributed by atoms with Crippen LogP contribution in [0.4, 0.5) is 0 Å². The predicted octanol–water partition coefficient (Wildman–Crippen LogP) is 3.66. The predicted molar refractivity (Wildman–Crippen MR) is 96.5 cm³/mol. The van der Waals surface area contributed by atoms with Gasteiger partial charge in [-0.05, 0) is 78.9 Å². The Morgan fingerprint density at radius 1 is 1.29 bits per heavy atom. The number of amides is 1. The number of piperidine rings is 1. The van der Waals surface area contributed by atoms with Crippen molar-refractivity contribution in [2.75, 3.05) is 19.6 Å². The highest BCUT2D eigenvalue weighted by Crippen LogP contribution is 2.28. The molecule has 0 radical (unpaired) electrons. The van der Waals surface area contributed by atoms with Crippen LogP contribution in [0.5, 0.6) is 0 Å². The number of nitrogens with zero attached hydrogens (tertiary/aromatic N) is 1. The summed E-state index contributed by atoms with van der Waals surface area (Å²) in [5, 5.41) is 3.66. The normalized spacial score (nSPS) is 19.8. The van der Waals surface area contributed by atoms with Gasteiger partial charge >= 0.3 is 0 Å². The number of hydrogen-bond acceptors (Lipinski definition) is 2. The second-order valence-corrected chi connectivity index (χ2v) is 8.12. The van der Waals surface area contributed by atoms with E-state index in [0.29, 0.717) is 6.04 Å². The summed E-state index contributed by atoms with van der Waals surface area (Å²) in [7, 11) is 0. The fraction of sp³-hybridized carbons (Fsp3) is 0.562. The summed E-state index contributed by atoms with van der Waals surface area (Å²) in [5.74, 6) is 1.09. The van der Waals surface area contributed by atoms with Crippen LogP contribution in [-0.4, -0.2) is 36.5 Å². The number of likely N-dealkylation sites (tertiary alicyclic amines) is 1. The topological polar surface area (TPSA) is 32.3 Å². The number of benzene rings is 1. The average molecular weight is 463 g/mol. The molecule has 5 heteroatoms. The molecule has 0 bridgehead atoms. The van der Waals surface area contributed by atoms with Crippen molar-refractivity contribution in [1.82, 2.24) is 10.2 Å². The number of carbonyl (C=O) groups is 1. The largest absolute Gasteiger partial charge is 0.338 e. The van der Waals surface area contributed by atoms with E-state index in [1.807, 2.05) is 23.1 Å². The molecule has 1 aromatic rings. The third-order valence-electron chi connectivity index (χ3n) is 4.33. The first-order chi connectivity index (χ1) is 10.1. The van der Waals surface area contributed by atoms with E-state index in [1.165, 1.54) is 19.4 Å². The van der Waals surface area contributed by atoms with Gasteiger partial charge in [-0.2, -0.15) is 0 Å². The number of carbonyl (C=O) groups excluding carboxylic acids is 1. The summed E-state index contributed by atoms with van der Waals surface area (Å²) < 4.78 is 1.99. The third-order valence-corrected chi connectivity index (χ3v) is 5.77. The Bertz CT molecular complexity index is 525. The summed E-state index contributed by atoms with van der Waals surface area (Å²) in [4.78, 5) is 14.6. The zero-order valence-electron chi connectivity index (χ0n) is 11.9. The van der Waals surface area contributed by atoms with Crippen LogP contribution in [-0.2, 0) is 0 Å². The van der Waals surface area contributed by atoms with E-state index in [2.05, 4.69) is 43.8 Å². The van der Waals surface area contributed by atoms with Gasteiger partial charge < -0.3 is 10.2 Å². The molecular formula is C16H20BrIN2O. The Kier molecular flexibility index (Phi) is 5.22. The molecule has 3 nitrogen and oxygen atoms in total. The molecule has 0 atom stereocenters. The second kappa shape index (κ2) is 6.96. The minimum Gasteiger partial charge on any atom is -0.338 e. The lowest BCUT2D eigenvalue weighted by Crippen LogP contribution is -2.45. The molecule has 0 aromatic heterocycles. The minimum absolute atomic E-state index is 0.168. The first-order valence-corrected chi connectivity index (χ1v) is 9.48. The first kappa shape index (κ1) is 15.7. The molecule has 1 amide bonds. The van der Waals surface area contributed by atoms with E-state index < -0.39 is 0 Å². The highest BCUT2D eigenvalue weighted by atomic mass is 127. The van der Waals surface area contributed by atoms with Crippen LogP contribution in [0.2, 0.25) is 0 Å². The quantitative estimate of drug-likeness (QED) is 0.692. The molecule has 1 saturated heterocycles. The Hall–Kier alpha value is -0.140. The SMILES string of the molecule is O=C(c1cc(Br)ccc1I)N1CCC(NCC2CC2)CC1. The van der Waals surface area contributed by atoms with Gasteiger partial charge in [-0.3, -0.25) is 4.79 Å². The van der Waals surface area contributed by atoms with Gasteiger partial charge in [0.25, 0.3) is 5.91 Å². The maximum absolute atomic E-state index is 12.6. The van der Waals surface area contributed by atoms with Crippen LogP contribution in [0.3, 0.4) is 0 Å². The van der Waals surface area contributed by atoms with E-state index in [-0.39, 0.29) is 5.91 Å². The van der Waals surface area contributed by atoms with Crippen LogP contribution in [0.1, 0.15) is 36.0 Å². The van der Waals surface area contributed by atoms with Crippen LogP contribution in [0.25, 0.3) is 0 Å². The van der Waals surface area contributed by atoms with Crippen molar-refractivity contribution in [3.05, 3.63) is 31.8 Å². The van der Waals surface area contributed by atoms with Crippen LogP contribution < -0.4 is 5.32 Å². The van der Waals surface area contributed by atoms with Crippen molar-refractivity contribution in [2.24, 2.45) is 5.92 Å². The van der Waals surface area contributed by atoms with E-state index in [4.69, 9.17) is 0 Å². The van der Waals surface area contributed by atoms with Gasteiger partial charge in [0.2, 0.25) is 0 Å². The maximum atomic E-state index is 12.6. The smallest absolute Gasteiger partial charge is 0.254 e. The maximum Gasteiger partial charge on any atom is 0.254 e. The number of halogens is 2. The van der Waals surface area contributed by atoms with Crippen molar-refractivity contribution in [3.63, 3.8) is 0 Å². The molecule has 2 aliphatic rings. The van der Waals surface area contributed by atoms with E-state index in [1.54, 1.807) is 0 Å². The number of hydrogen-bond donors (Lipinski definition) is 1. The Labute approximate surface area is 148 Å². The van der Waals surface area contributed by atoms with Crippen molar-refractivity contribution in [1.29, 1.82) is 0 Å². The molecule has 1 aliphatic heterocycles. The third kappa shape index (κ3) is 4.20. The van der Waals surface area contributed by atoms with Crippen molar-refractivity contribution in [2.45, 2.75) is 31.7 Å². The first-order valence-electron chi connectivity index (χ1n) is 7.61. The molecule has 3 rings (SSSR count). The fourth-order valence-corrected chi connectivity index (χ4v) is 3.70. The van der Waals surface area contributed by atoms with Gasteiger partial charge in [-0.15, -0.1) is 0 Å². The van der Waals surface area contributed by atoms with Gasteiger partial charge in [0.1, 0.15) is 0 Å².